The number of aryl methyl sites for hydroxylation is 1. The summed E-state index contributed by atoms with van der Waals surface area (Å²) in [6.45, 7) is 0. The first-order valence-electron chi connectivity index (χ1n) is 3.92. The van der Waals surface area contributed by atoms with E-state index in [0.717, 1.165) is 17.7 Å². The molecular formula is C11H12S. The Morgan fingerprint density at radius 1 is 1.42 bits per heavy atom. The minimum Gasteiger partial charge on any atom is -0.165 e. The number of benzene rings is 1. The average molecular weight is 176 g/mol. The summed E-state index contributed by atoms with van der Waals surface area (Å²) in [6.07, 6.45) is 8.55. The zero-order valence-electron chi connectivity index (χ0n) is 7.21. The summed E-state index contributed by atoms with van der Waals surface area (Å²) in [4.78, 5) is 0. The van der Waals surface area contributed by atoms with Crippen molar-refractivity contribution < 1.29 is 0 Å². The molecule has 0 N–H and O–H groups in total. The van der Waals surface area contributed by atoms with Gasteiger partial charge in [0.15, 0.2) is 0 Å². The standard InChI is InChI=1S/C11H12S/c1-3-10-6-4-5-7-11(10)8-9-12-2/h1,4-7H,8-9H2,2H3. The molecule has 0 heterocycles. The second kappa shape index (κ2) is 4.90. The molecule has 0 aliphatic rings. The lowest BCUT2D eigenvalue weighted by Crippen LogP contribution is -1.91. The van der Waals surface area contributed by atoms with Gasteiger partial charge in [-0.2, -0.15) is 11.8 Å². The molecule has 0 aliphatic heterocycles. The Morgan fingerprint density at radius 3 is 2.83 bits per heavy atom. The maximum atomic E-state index is 5.37. The lowest BCUT2D eigenvalue weighted by Gasteiger charge is -2.01. The first-order valence-corrected chi connectivity index (χ1v) is 5.31. The summed E-state index contributed by atoms with van der Waals surface area (Å²) < 4.78 is 0. The van der Waals surface area contributed by atoms with Crippen LogP contribution in [0.2, 0.25) is 0 Å². The van der Waals surface area contributed by atoms with Crippen LogP contribution in [0, 0.1) is 12.3 Å². The maximum Gasteiger partial charge on any atom is 0.0274 e. The molecule has 0 saturated carbocycles. The Bertz CT molecular complexity index is 283. The van der Waals surface area contributed by atoms with Crippen LogP contribution in [-0.4, -0.2) is 12.0 Å². The zero-order valence-corrected chi connectivity index (χ0v) is 8.03. The predicted molar refractivity (Wildman–Crippen MR) is 56.5 cm³/mol. The third-order valence-corrected chi connectivity index (χ3v) is 2.36. The predicted octanol–water partition coefficient (Wildman–Crippen LogP) is 2.57. The quantitative estimate of drug-likeness (QED) is 0.638. The van der Waals surface area contributed by atoms with Gasteiger partial charge in [0, 0.05) is 5.56 Å². The lowest BCUT2D eigenvalue weighted by atomic mass is 10.1. The van der Waals surface area contributed by atoms with Gasteiger partial charge in [-0.1, -0.05) is 24.1 Å². The van der Waals surface area contributed by atoms with Crippen molar-refractivity contribution in [3.05, 3.63) is 35.4 Å². The Hall–Kier alpha value is -0.870. The molecule has 1 rings (SSSR count). The molecule has 0 aromatic heterocycles. The molecule has 0 atom stereocenters. The van der Waals surface area contributed by atoms with Gasteiger partial charge in [-0.3, -0.25) is 0 Å². The van der Waals surface area contributed by atoms with Crippen LogP contribution in [-0.2, 0) is 6.42 Å². The minimum atomic E-state index is 1.03. The summed E-state index contributed by atoms with van der Waals surface area (Å²) in [5.74, 6) is 3.83. The molecule has 62 valence electrons. The Labute approximate surface area is 78.4 Å². The minimum absolute atomic E-state index is 1.03. The van der Waals surface area contributed by atoms with Gasteiger partial charge in [-0.15, -0.1) is 6.42 Å². The zero-order chi connectivity index (χ0) is 8.81. The number of terminal acetylenes is 1. The number of rotatable bonds is 3. The van der Waals surface area contributed by atoms with Crippen molar-refractivity contribution in [2.24, 2.45) is 0 Å². The van der Waals surface area contributed by atoms with E-state index in [-0.39, 0.29) is 0 Å². The third-order valence-electron chi connectivity index (χ3n) is 1.75. The van der Waals surface area contributed by atoms with Gasteiger partial charge in [0.25, 0.3) is 0 Å². The third kappa shape index (κ3) is 2.32. The normalized spacial score (nSPS) is 9.33. The number of thioether (sulfide) groups is 1. The summed E-state index contributed by atoms with van der Waals surface area (Å²) >= 11 is 1.85. The molecule has 0 fully saturated rings. The molecule has 0 aliphatic carbocycles. The molecular weight excluding hydrogens is 164 g/mol. The first-order chi connectivity index (χ1) is 5.88. The highest BCUT2D eigenvalue weighted by Gasteiger charge is 1.96. The van der Waals surface area contributed by atoms with Crippen LogP contribution in [0.1, 0.15) is 11.1 Å². The molecule has 0 nitrogen and oxygen atoms in total. The largest absolute Gasteiger partial charge is 0.165 e. The van der Waals surface area contributed by atoms with Gasteiger partial charge in [-0.25, -0.2) is 0 Å². The van der Waals surface area contributed by atoms with Gasteiger partial charge in [-0.05, 0) is 30.1 Å². The SMILES string of the molecule is C#Cc1ccccc1CCSC. The molecule has 0 bridgehead atoms. The topological polar surface area (TPSA) is 0 Å². The van der Waals surface area contributed by atoms with E-state index in [4.69, 9.17) is 6.42 Å². The summed E-state index contributed by atoms with van der Waals surface area (Å²) in [6, 6.07) is 8.12. The van der Waals surface area contributed by atoms with Crippen LogP contribution in [0.4, 0.5) is 0 Å². The van der Waals surface area contributed by atoms with E-state index in [9.17, 15) is 0 Å². The molecule has 0 spiro atoms. The van der Waals surface area contributed by atoms with Gasteiger partial charge in [0.1, 0.15) is 0 Å². The molecule has 0 amide bonds. The summed E-state index contributed by atoms with van der Waals surface area (Å²) in [5.41, 5.74) is 2.32. The number of hydrogen-bond acceptors (Lipinski definition) is 1. The van der Waals surface area contributed by atoms with Crippen molar-refractivity contribution in [1.82, 2.24) is 0 Å². The Morgan fingerprint density at radius 2 is 2.17 bits per heavy atom. The van der Waals surface area contributed by atoms with E-state index in [1.54, 1.807) is 0 Å². The van der Waals surface area contributed by atoms with E-state index in [0.29, 0.717) is 0 Å². The fourth-order valence-corrected chi connectivity index (χ4v) is 1.52. The van der Waals surface area contributed by atoms with E-state index in [1.165, 1.54) is 5.56 Å². The Balaban J connectivity index is 2.77. The lowest BCUT2D eigenvalue weighted by molar-refractivity contribution is 1.15. The molecule has 1 aromatic rings. The first kappa shape index (κ1) is 9.22. The molecule has 12 heavy (non-hydrogen) atoms. The molecule has 1 aromatic carbocycles. The highest BCUT2D eigenvalue weighted by Crippen LogP contribution is 2.09. The summed E-state index contributed by atoms with van der Waals surface area (Å²) in [5, 5.41) is 0. The van der Waals surface area contributed by atoms with Crippen molar-refractivity contribution >= 4 is 11.8 Å². The molecule has 0 unspecified atom stereocenters. The van der Waals surface area contributed by atoms with Crippen molar-refractivity contribution in [3.8, 4) is 12.3 Å². The second-order valence-corrected chi connectivity index (χ2v) is 3.53. The monoisotopic (exact) mass is 176 g/mol. The molecule has 0 radical (unpaired) electrons. The highest BCUT2D eigenvalue weighted by atomic mass is 32.2. The summed E-state index contributed by atoms with van der Waals surface area (Å²) in [7, 11) is 0. The van der Waals surface area contributed by atoms with Gasteiger partial charge in [0.2, 0.25) is 0 Å². The van der Waals surface area contributed by atoms with Gasteiger partial charge >= 0.3 is 0 Å². The van der Waals surface area contributed by atoms with Crippen LogP contribution in [0.25, 0.3) is 0 Å². The average Bonchev–Trinajstić information content (AvgIpc) is 2.15. The van der Waals surface area contributed by atoms with E-state index in [1.807, 2.05) is 30.0 Å². The van der Waals surface area contributed by atoms with E-state index < -0.39 is 0 Å². The van der Waals surface area contributed by atoms with Crippen molar-refractivity contribution in [1.29, 1.82) is 0 Å². The fourth-order valence-electron chi connectivity index (χ4n) is 1.09. The molecule has 0 saturated heterocycles. The van der Waals surface area contributed by atoms with Crippen LogP contribution >= 0.6 is 11.8 Å². The van der Waals surface area contributed by atoms with Crippen LogP contribution in [0.5, 0.6) is 0 Å². The van der Waals surface area contributed by atoms with Gasteiger partial charge < -0.3 is 0 Å². The van der Waals surface area contributed by atoms with E-state index >= 15 is 0 Å². The van der Waals surface area contributed by atoms with Crippen molar-refractivity contribution in [3.63, 3.8) is 0 Å². The smallest absolute Gasteiger partial charge is 0.0274 e. The Kier molecular flexibility index (Phi) is 3.76. The number of hydrogen-bond donors (Lipinski definition) is 0. The van der Waals surface area contributed by atoms with Crippen LogP contribution < -0.4 is 0 Å². The fraction of sp³-hybridized carbons (Fsp3) is 0.273. The maximum absolute atomic E-state index is 5.37. The van der Waals surface area contributed by atoms with E-state index in [2.05, 4.69) is 18.2 Å². The van der Waals surface area contributed by atoms with Gasteiger partial charge in [0.05, 0.1) is 0 Å². The van der Waals surface area contributed by atoms with Crippen molar-refractivity contribution in [2.75, 3.05) is 12.0 Å². The van der Waals surface area contributed by atoms with Crippen molar-refractivity contribution in [2.45, 2.75) is 6.42 Å². The molecule has 1 heteroatoms. The van der Waals surface area contributed by atoms with Crippen LogP contribution in [0.3, 0.4) is 0 Å². The highest BCUT2D eigenvalue weighted by molar-refractivity contribution is 7.98. The van der Waals surface area contributed by atoms with Crippen LogP contribution in [0.15, 0.2) is 24.3 Å². The second-order valence-electron chi connectivity index (χ2n) is 2.54.